The third-order valence-corrected chi connectivity index (χ3v) is 7.61. The molecule has 192 valence electrons. The first-order valence-corrected chi connectivity index (χ1v) is 12.7. The van der Waals surface area contributed by atoms with Crippen LogP contribution >= 0.6 is 0 Å². The van der Waals surface area contributed by atoms with Gasteiger partial charge in [0.25, 0.3) is 5.91 Å². The molecule has 0 aliphatic carbocycles. The summed E-state index contributed by atoms with van der Waals surface area (Å²) in [6.45, 7) is 6.93. The van der Waals surface area contributed by atoms with Gasteiger partial charge in [-0.2, -0.15) is 0 Å². The van der Waals surface area contributed by atoms with E-state index in [4.69, 9.17) is 5.41 Å². The molecular formula is C30H25N7O2. The van der Waals surface area contributed by atoms with Crippen LogP contribution in [0, 0.1) is 5.41 Å². The second-order valence-corrected chi connectivity index (χ2v) is 10.1. The second kappa shape index (κ2) is 8.42. The number of allylic oxidation sites excluding steroid dienone is 1. The molecule has 0 saturated carbocycles. The zero-order valence-electron chi connectivity index (χ0n) is 21.2. The third-order valence-electron chi connectivity index (χ3n) is 7.61. The summed E-state index contributed by atoms with van der Waals surface area (Å²) in [4.78, 5) is 30.8. The van der Waals surface area contributed by atoms with Crippen molar-refractivity contribution in [3.8, 4) is 5.75 Å². The molecule has 7 rings (SSSR count). The highest BCUT2D eigenvalue weighted by Gasteiger charge is 2.36. The largest absolute Gasteiger partial charge is 0.507 e. The van der Waals surface area contributed by atoms with Crippen LogP contribution in [0.15, 0.2) is 73.8 Å². The van der Waals surface area contributed by atoms with E-state index in [1.165, 1.54) is 0 Å². The summed E-state index contributed by atoms with van der Waals surface area (Å²) in [6.07, 6.45) is 3.18. The predicted molar refractivity (Wildman–Crippen MR) is 151 cm³/mol. The summed E-state index contributed by atoms with van der Waals surface area (Å²) in [5.74, 6) is -0.147. The maximum Gasteiger partial charge on any atom is 0.274 e. The minimum absolute atomic E-state index is 0.104. The van der Waals surface area contributed by atoms with Gasteiger partial charge in [0.15, 0.2) is 11.1 Å². The van der Waals surface area contributed by atoms with E-state index in [0.29, 0.717) is 35.6 Å². The van der Waals surface area contributed by atoms with Crippen LogP contribution in [0.1, 0.15) is 34.5 Å². The van der Waals surface area contributed by atoms with Crippen LogP contribution in [0.25, 0.3) is 38.4 Å². The normalized spacial score (nSPS) is 14.9. The van der Waals surface area contributed by atoms with Crippen molar-refractivity contribution in [2.45, 2.75) is 19.4 Å². The zero-order valence-corrected chi connectivity index (χ0v) is 21.2. The molecule has 4 heterocycles. The number of phenolic OH excluding ortho intramolecular Hbond substituents is 1. The van der Waals surface area contributed by atoms with Crippen LogP contribution in [0.4, 0.5) is 5.69 Å². The van der Waals surface area contributed by atoms with E-state index in [-0.39, 0.29) is 23.1 Å². The van der Waals surface area contributed by atoms with Gasteiger partial charge in [-0.05, 0) is 29.5 Å². The summed E-state index contributed by atoms with van der Waals surface area (Å²) in [5, 5.41) is 21.6. The Balaban J connectivity index is 1.36. The highest BCUT2D eigenvalue weighted by atomic mass is 16.3. The molecule has 0 spiro atoms. The Labute approximate surface area is 222 Å². The Morgan fingerprint density at radius 3 is 2.77 bits per heavy atom. The topological polar surface area (TPSA) is 127 Å². The van der Waals surface area contributed by atoms with E-state index >= 15 is 0 Å². The van der Waals surface area contributed by atoms with E-state index in [2.05, 4.69) is 26.5 Å². The van der Waals surface area contributed by atoms with Crippen molar-refractivity contribution in [1.29, 1.82) is 5.41 Å². The Morgan fingerprint density at radius 1 is 1.13 bits per heavy atom. The number of anilines is 1. The Morgan fingerprint density at radius 2 is 1.95 bits per heavy atom. The van der Waals surface area contributed by atoms with Gasteiger partial charge in [0, 0.05) is 41.4 Å². The maximum absolute atomic E-state index is 14.1. The van der Waals surface area contributed by atoms with Crippen LogP contribution in [0.2, 0.25) is 0 Å². The predicted octanol–water partition coefficient (Wildman–Crippen LogP) is 5.06. The minimum atomic E-state index is -0.174. The molecule has 6 aromatic rings. The number of carbonyl (C=O) groups excluding carboxylic acids is 1. The van der Waals surface area contributed by atoms with Gasteiger partial charge in [-0.25, -0.2) is 9.97 Å². The first kappa shape index (κ1) is 23.0. The number of imidazole rings is 1. The molecule has 0 bridgehead atoms. The van der Waals surface area contributed by atoms with Crippen LogP contribution in [-0.2, 0) is 6.54 Å². The molecule has 4 N–H and O–H groups in total. The lowest BCUT2D eigenvalue weighted by Crippen LogP contribution is -2.31. The Kier molecular flexibility index (Phi) is 4.96. The number of hydrogen-bond acceptors (Lipinski definition) is 5. The number of H-pyrrole nitrogens is 2. The monoisotopic (exact) mass is 515 g/mol. The van der Waals surface area contributed by atoms with Gasteiger partial charge in [0.05, 0.1) is 23.9 Å². The molecule has 1 atom stereocenters. The van der Waals surface area contributed by atoms with Crippen molar-refractivity contribution in [3.05, 3.63) is 96.1 Å². The molecule has 1 aliphatic rings. The average molecular weight is 516 g/mol. The molecule has 0 unspecified atom stereocenters. The number of phenols is 1. The number of nitrogens with one attached hydrogen (secondary N) is 3. The fourth-order valence-electron chi connectivity index (χ4n) is 5.84. The summed E-state index contributed by atoms with van der Waals surface area (Å²) >= 11 is 0. The number of rotatable bonds is 4. The molecule has 9 nitrogen and oxygen atoms in total. The van der Waals surface area contributed by atoms with Crippen molar-refractivity contribution in [2.24, 2.45) is 0 Å². The highest BCUT2D eigenvalue weighted by Crippen LogP contribution is 2.46. The first-order chi connectivity index (χ1) is 18.9. The fraction of sp³-hybridized carbons (Fsp3) is 0.133. The highest BCUT2D eigenvalue weighted by molar-refractivity contribution is 6.11. The van der Waals surface area contributed by atoms with E-state index < -0.39 is 0 Å². The molecular weight excluding hydrogens is 490 g/mol. The van der Waals surface area contributed by atoms with Gasteiger partial charge >= 0.3 is 0 Å². The number of carbonyl (C=O) groups is 1. The number of para-hydroxylation sites is 1. The Bertz CT molecular complexity index is 2030. The summed E-state index contributed by atoms with van der Waals surface area (Å²) in [5.41, 5.74) is 6.23. The number of hydrogen-bond donors (Lipinski definition) is 4. The van der Waals surface area contributed by atoms with Crippen LogP contribution in [0.5, 0.6) is 5.75 Å². The van der Waals surface area contributed by atoms with Gasteiger partial charge in [-0.15, -0.1) is 0 Å². The number of fused-ring (bicyclic) bond motifs is 5. The number of aromatic nitrogens is 5. The van der Waals surface area contributed by atoms with Gasteiger partial charge < -0.3 is 24.5 Å². The van der Waals surface area contributed by atoms with Gasteiger partial charge in [-0.1, -0.05) is 49.0 Å². The van der Waals surface area contributed by atoms with Crippen LogP contribution in [-0.4, -0.2) is 42.1 Å². The van der Waals surface area contributed by atoms with Crippen LogP contribution < -0.4 is 10.4 Å². The van der Waals surface area contributed by atoms with Gasteiger partial charge in [0.2, 0.25) is 0 Å². The number of aromatic hydroxyl groups is 1. The zero-order chi connectivity index (χ0) is 26.8. The lowest BCUT2D eigenvalue weighted by atomic mass is 9.94. The van der Waals surface area contributed by atoms with E-state index in [1.807, 2.05) is 60.0 Å². The van der Waals surface area contributed by atoms with Crippen molar-refractivity contribution >= 4 is 50.0 Å². The average Bonchev–Trinajstić information content (AvgIpc) is 3.67. The van der Waals surface area contributed by atoms with Gasteiger partial charge in [0.1, 0.15) is 17.0 Å². The van der Waals surface area contributed by atoms with Gasteiger partial charge in [-0.3, -0.25) is 10.2 Å². The van der Waals surface area contributed by atoms with Crippen molar-refractivity contribution < 1.29 is 9.90 Å². The molecule has 3 aromatic carbocycles. The number of aromatic amines is 2. The standard InChI is InChI=1S/C30H25N7O2/c1-16(2)19-9-5-6-17-10-22(35-26(17)19)30(39)37-13-18(12-36-15-34-28(31)27-29(36)33-14-32-27)25-21-8-4-3-7-20(21)24(38)11-23(25)37/h3-11,14-15,18,31,35,38H,1,12-13H2,2H3,(H,32,33)/t18-/m1/s1. The fourth-order valence-corrected chi connectivity index (χ4v) is 5.84. The molecule has 1 amide bonds. The quantitative estimate of drug-likeness (QED) is 0.262. The molecule has 0 fully saturated rings. The second-order valence-electron chi connectivity index (χ2n) is 10.1. The lowest BCUT2D eigenvalue weighted by molar-refractivity contribution is 0.0984. The first-order valence-electron chi connectivity index (χ1n) is 12.7. The minimum Gasteiger partial charge on any atom is -0.507 e. The van der Waals surface area contributed by atoms with E-state index in [0.717, 1.165) is 38.4 Å². The molecule has 9 heteroatoms. The molecule has 0 radical (unpaired) electrons. The van der Waals surface area contributed by atoms with E-state index in [1.54, 1.807) is 23.6 Å². The van der Waals surface area contributed by atoms with E-state index in [9.17, 15) is 9.90 Å². The summed E-state index contributed by atoms with van der Waals surface area (Å²) < 4.78 is 1.91. The van der Waals surface area contributed by atoms with Crippen molar-refractivity contribution in [1.82, 2.24) is 24.5 Å². The smallest absolute Gasteiger partial charge is 0.274 e. The molecule has 3 aromatic heterocycles. The number of benzene rings is 3. The third kappa shape index (κ3) is 3.47. The van der Waals surface area contributed by atoms with Crippen LogP contribution in [0.3, 0.4) is 0 Å². The van der Waals surface area contributed by atoms with Crippen molar-refractivity contribution in [2.75, 3.05) is 11.4 Å². The van der Waals surface area contributed by atoms with Crippen molar-refractivity contribution in [3.63, 3.8) is 0 Å². The molecule has 0 saturated heterocycles. The molecule has 1 aliphatic heterocycles. The SMILES string of the molecule is C=C(C)c1cccc2cc(C(=O)N3C[C@@H](Cn4cnc(=N)c5[nH]cnc54)c4c3cc(O)c3ccccc43)[nH]c12. The molecule has 39 heavy (non-hydrogen) atoms. The Hall–Kier alpha value is -5.18. The summed E-state index contributed by atoms with van der Waals surface area (Å²) in [7, 11) is 0. The maximum atomic E-state index is 14.1. The lowest BCUT2D eigenvalue weighted by Gasteiger charge is -2.18. The summed E-state index contributed by atoms with van der Waals surface area (Å²) in [6, 6.07) is 17.2. The number of amides is 1. The number of nitrogens with zero attached hydrogens (tertiary/aromatic N) is 4.